The average molecular weight is 343 g/mol. The minimum absolute atomic E-state index is 0.0552. The Morgan fingerprint density at radius 2 is 1.65 bits per heavy atom. The Morgan fingerprint density at radius 1 is 0.923 bits per heavy atom. The van der Waals surface area contributed by atoms with Gasteiger partial charge in [-0.2, -0.15) is 0 Å². The molecule has 126 valence electrons. The van der Waals surface area contributed by atoms with Crippen molar-refractivity contribution in [2.75, 3.05) is 0 Å². The van der Waals surface area contributed by atoms with Crippen LogP contribution in [-0.2, 0) is 9.53 Å². The van der Waals surface area contributed by atoms with Crippen LogP contribution in [0.5, 0.6) is 0 Å². The number of hydrogen-bond donors (Lipinski definition) is 0. The van der Waals surface area contributed by atoms with Crippen LogP contribution in [0.3, 0.4) is 0 Å². The lowest BCUT2D eigenvalue weighted by atomic mass is 10.0. The Balaban J connectivity index is 1.74. The fraction of sp³-hybridized carbons (Fsp3) is 0. The highest BCUT2D eigenvalue weighted by atomic mass is 16.6. The number of para-hydroxylation sites is 1. The topological polar surface area (TPSA) is 69.4 Å². The molecule has 1 aliphatic rings. The summed E-state index contributed by atoms with van der Waals surface area (Å²) >= 11 is 0. The van der Waals surface area contributed by atoms with Crippen LogP contribution in [-0.4, -0.2) is 10.9 Å². The lowest BCUT2D eigenvalue weighted by Crippen LogP contribution is -1.98. The van der Waals surface area contributed by atoms with Crippen molar-refractivity contribution in [3.63, 3.8) is 0 Å². The van der Waals surface area contributed by atoms with Gasteiger partial charge in [-0.3, -0.25) is 10.1 Å². The largest absolute Gasteiger partial charge is 0.422 e. The first-order chi connectivity index (χ1) is 12.6. The fourth-order valence-electron chi connectivity index (χ4n) is 2.92. The molecule has 1 heterocycles. The van der Waals surface area contributed by atoms with Crippen molar-refractivity contribution < 1.29 is 14.5 Å². The van der Waals surface area contributed by atoms with Crippen LogP contribution in [0.15, 0.2) is 78.4 Å². The van der Waals surface area contributed by atoms with Gasteiger partial charge in [0, 0.05) is 11.6 Å². The van der Waals surface area contributed by atoms with E-state index < -0.39 is 10.9 Å². The molecule has 0 saturated heterocycles. The molecule has 4 rings (SSSR count). The molecular weight excluding hydrogens is 330 g/mol. The summed E-state index contributed by atoms with van der Waals surface area (Å²) < 4.78 is 5.37. The number of benzene rings is 3. The van der Waals surface area contributed by atoms with Crippen LogP contribution in [0.25, 0.3) is 22.6 Å². The number of nitro benzene ring substituents is 1. The molecule has 0 fully saturated rings. The Hall–Kier alpha value is -3.73. The third-order valence-corrected chi connectivity index (χ3v) is 4.20. The summed E-state index contributed by atoms with van der Waals surface area (Å²) in [6.45, 7) is 0. The zero-order chi connectivity index (χ0) is 18.1. The molecule has 26 heavy (non-hydrogen) atoms. The number of rotatable bonds is 3. The molecule has 1 aliphatic heterocycles. The molecule has 5 nitrogen and oxygen atoms in total. The van der Waals surface area contributed by atoms with E-state index in [1.807, 2.05) is 42.5 Å². The Bertz CT molecular complexity index is 1110. The molecule has 0 aromatic heterocycles. The third-order valence-electron chi connectivity index (χ3n) is 4.20. The second-order valence-corrected chi connectivity index (χ2v) is 5.88. The van der Waals surface area contributed by atoms with Gasteiger partial charge in [0.1, 0.15) is 5.76 Å². The van der Waals surface area contributed by atoms with Crippen molar-refractivity contribution in [3.8, 4) is 0 Å². The normalized spacial score (nSPS) is 15.2. The van der Waals surface area contributed by atoms with Gasteiger partial charge in [0.05, 0.1) is 16.1 Å². The molecule has 5 heteroatoms. The Morgan fingerprint density at radius 3 is 2.46 bits per heavy atom. The number of carbonyl (C=O) groups is 1. The first-order valence-corrected chi connectivity index (χ1v) is 8.00. The predicted octanol–water partition coefficient (Wildman–Crippen LogP) is 4.73. The molecular formula is C21H13NO4. The van der Waals surface area contributed by atoms with Crippen molar-refractivity contribution >= 4 is 34.3 Å². The van der Waals surface area contributed by atoms with Crippen LogP contribution in [0.2, 0.25) is 0 Å². The van der Waals surface area contributed by atoms with E-state index in [2.05, 4.69) is 0 Å². The minimum atomic E-state index is -0.522. The number of nitro groups is 1. The van der Waals surface area contributed by atoms with Crippen LogP contribution in [0, 0.1) is 10.1 Å². The quantitative estimate of drug-likeness (QED) is 0.298. The smallest absolute Gasteiger partial charge is 0.343 e. The van der Waals surface area contributed by atoms with Gasteiger partial charge in [-0.05, 0) is 35.1 Å². The number of ether oxygens (including phenoxy) is 1. The van der Waals surface area contributed by atoms with E-state index in [4.69, 9.17) is 4.74 Å². The van der Waals surface area contributed by atoms with Crippen molar-refractivity contribution in [1.29, 1.82) is 0 Å². The molecule has 0 atom stereocenters. The maximum absolute atomic E-state index is 12.2. The van der Waals surface area contributed by atoms with Crippen molar-refractivity contribution in [2.45, 2.75) is 0 Å². The molecule has 0 unspecified atom stereocenters. The molecule has 0 aliphatic carbocycles. The van der Waals surface area contributed by atoms with Gasteiger partial charge in [-0.15, -0.1) is 0 Å². The molecule has 0 radical (unpaired) electrons. The lowest BCUT2D eigenvalue weighted by Gasteiger charge is -2.04. The molecule has 3 aromatic rings. The summed E-state index contributed by atoms with van der Waals surface area (Å²) in [5, 5.41) is 13.3. The number of nitrogens with zero attached hydrogens (tertiary/aromatic N) is 1. The van der Waals surface area contributed by atoms with Gasteiger partial charge in [-0.1, -0.05) is 48.5 Å². The van der Waals surface area contributed by atoms with E-state index >= 15 is 0 Å². The highest BCUT2D eigenvalue weighted by Gasteiger charge is 2.23. The third kappa shape index (κ3) is 2.86. The van der Waals surface area contributed by atoms with Gasteiger partial charge < -0.3 is 4.74 Å². The number of esters is 1. The van der Waals surface area contributed by atoms with Crippen LogP contribution >= 0.6 is 0 Å². The van der Waals surface area contributed by atoms with E-state index in [1.165, 1.54) is 12.1 Å². The lowest BCUT2D eigenvalue weighted by molar-refractivity contribution is -0.385. The maximum Gasteiger partial charge on any atom is 0.343 e. The van der Waals surface area contributed by atoms with Gasteiger partial charge in [-0.25, -0.2) is 4.79 Å². The number of hydrogen-bond acceptors (Lipinski definition) is 4. The molecule has 0 saturated carbocycles. The van der Waals surface area contributed by atoms with E-state index in [1.54, 1.807) is 24.3 Å². The van der Waals surface area contributed by atoms with Gasteiger partial charge >= 0.3 is 5.97 Å². The van der Waals surface area contributed by atoms with Crippen molar-refractivity contribution in [2.24, 2.45) is 0 Å². The summed E-state index contributed by atoms with van der Waals surface area (Å²) in [6.07, 6.45) is 3.09. The van der Waals surface area contributed by atoms with E-state index in [0.717, 1.165) is 16.3 Å². The van der Waals surface area contributed by atoms with Crippen molar-refractivity contribution in [3.05, 3.63) is 99.6 Å². The van der Waals surface area contributed by atoms with Crippen LogP contribution in [0.1, 0.15) is 11.1 Å². The fourth-order valence-corrected chi connectivity index (χ4v) is 2.92. The number of cyclic esters (lactones) is 1. The predicted molar refractivity (Wildman–Crippen MR) is 99.1 cm³/mol. The van der Waals surface area contributed by atoms with E-state index in [-0.39, 0.29) is 11.3 Å². The average Bonchev–Trinajstić information content (AvgIpc) is 3.02. The number of fused-ring (bicyclic) bond motifs is 1. The summed E-state index contributed by atoms with van der Waals surface area (Å²) in [5.41, 5.74) is 1.37. The maximum atomic E-state index is 12.2. The summed E-state index contributed by atoms with van der Waals surface area (Å²) in [7, 11) is 0. The monoisotopic (exact) mass is 343 g/mol. The highest BCUT2D eigenvalue weighted by molar-refractivity contribution is 6.05. The van der Waals surface area contributed by atoms with E-state index in [0.29, 0.717) is 11.3 Å². The standard InChI is InChI=1S/C21H13NO4/c23-21-18(12-16-7-3-4-8-19(16)22(24)25)13-20(26-21)17-10-9-14-5-1-2-6-15(14)11-17/h1-13H/b18-12+. The summed E-state index contributed by atoms with van der Waals surface area (Å²) in [6, 6.07) is 20.0. The zero-order valence-electron chi connectivity index (χ0n) is 13.6. The van der Waals surface area contributed by atoms with E-state index in [9.17, 15) is 14.9 Å². The summed E-state index contributed by atoms with van der Waals surface area (Å²) in [4.78, 5) is 22.9. The highest BCUT2D eigenvalue weighted by Crippen LogP contribution is 2.30. The summed E-state index contributed by atoms with van der Waals surface area (Å²) in [5.74, 6) is -0.0862. The molecule has 0 spiro atoms. The molecule has 0 N–H and O–H groups in total. The number of carbonyl (C=O) groups excluding carboxylic acids is 1. The Kier molecular flexibility index (Phi) is 3.82. The molecule has 3 aromatic carbocycles. The SMILES string of the molecule is O=C1OC(c2ccc3ccccc3c2)=C/C1=C\c1ccccc1[N+](=O)[O-]. The van der Waals surface area contributed by atoms with Gasteiger partial charge in [0.2, 0.25) is 0 Å². The first kappa shape index (κ1) is 15.8. The van der Waals surface area contributed by atoms with Crippen LogP contribution < -0.4 is 0 Å². The van der Waals surface area contributed by atoms with Gasteiger partial charge in [0.15, 0.2) is 0 Å². The zero-order valence-corrected chi connectivity index (χ0v) is 13.6. The second kappa shape index (κ2) is 6.29. The van der Waals surface area contributed by atoms with Crippen LogP contribution in [0.4, 0.5) is 5.69 Å². The first-order valence-electron chi connectivity index (χ1n) is 8.00. The van der Waals surface area contributed by atoms with Crippen molar-refractivity contribution in [1.82, 2.24) is 0 Å². The minimum Gasteiger partial charge on any atom is -0.422 e. The molecule has 0 amide bonds. The van der Waals surface area contributed by atoms with Gasteiger partial charge in [0.25, 0.3) is 5.69 Å². The second-order valence-electron chi connectivity index (χ2n) is 5.88. The molecule has 0 bridgehead atoms. The Labute approximate surface area is 149 Å².